The molecular weight excluding hydrogens is 214 g/mol. The standard InChI is InChI=1S/C11H14ClNO2/c1-3-15-11(13)7-8-4-5-10(14-2)9(12)6-8/h4-6,13H,3,7H2,1-2H3. The van der Waals surface area contributed by atoms with Crippen molar-refractivity contribution in [3.05, 3.63) is 28.8 Å². The van der Waals surface area contributed by atoms with Gasteiger partial charge in [0, 0.05) is 6.42 Å². The van der Waals surface area contributed by atoms with Crippen molar-refractivity contribution in [2.45, 2.75) is 13.3 Å². The Kier molecular flexibility index (Phi) is 4.43. The average Bonchev–Trinajstić information content (AvgIpc) is 2.18. The van der Waals surface area contributed by atoms with Crippen molar-refractivity contribution in [1.82, 2.24) is 0 Å². The van der Waals surface area contributed by atoms with E-state index in [-0.39, 0.29) is 5.90 Å². The molecule has 0 aliphatic carbocycles. The molecule has 0 aliphatic heterocycles. The molecule has 0 atom stereocenters. The minimum Gasteiger partial charge on any atom is -0.495 e. The monoisotopic (exact) mass is 227 g/mol. The van der Waals surface area contributed by atoms with E-state index >= 15 is 0 Å². The predicted molar refractivity (Wildman–Crippen MR) is 61.1 cm³/mol. The minimum atomic E-state index is 0.249. The molecule has 0 saturated carbocycles. The van der Waals surface area contributed by atoms with Crippen LogP contribution in [0.15, 0.2) is 18.2 Å². The second kappa shape index (κ2) is 5.61. The number of hydrogen-bond donors (Lipinski definition) is 1. The molecule has 0 fully saturated rings. The molecular formula is C11H14ClNO2. The number of benzene rings is 1. The molecule has 0 spiro atoms. The first kappa shape index (κ1) is 11.9. The molecule has 0 aliphatic rings. The smallest absolute Gasteiger partial charge is 0.184 e. The Morgan fingerprint density at radius 1 is 1.47 bits per heavy atom. The van der Waals surface area contributed by atoms with Crippen LogP contribution in [-0.2, 0) is 11.2 Å². The van der Waals surface area contributed by atoms with Gasteiger partial charge in [-0.05, 0) is 24.6 Å². The second-order valence-electron chi connectivity index (χ2n) is 3.00. The van der Waals surface area contributed by atoms with Gasteiger partial charge < -0.3 is 9.47 Å². The SMILES string of the molecule is CCOC(=N)Cc1ccc(OC)c(Cl)c1. The molecule has 0 heterocycles. The quantitative estimate of drug-likeness (QED) is 0.635. The van der Waals surface area contributed by atoms with Gasteiger partial charge in [-0.3, -0.25) is 5.41 Å². The van der Waals surface area contributed by atoms with Gasteiger partial charge in [0.2, 0.25) is 0 Å². The Morgan fingerprint density at radius 2 is 2.20 bits per heavy atom. The van der Waals surface area contributed by atoms with Gasteiger partial charge in [-0.15, -0.1) is 0 Å². The molecule has 1 aromatic carbocycles. The van der Waals surface area contributed by atoms with Gasteiger partial charge in [-0.2, -0.15) is 0 Å². The summed E-state index contributed by atoms with van der Waals surface area (Å²) in [6.07, 6.45) is 0.456. The van der Waals surface area contributed by atoms with E-state index in [1.165, 1.54) is 0 Å². The maximum atomic E-state index is 7.50. The molecule has 0 saturated heterocycles. The summed E-state index contributed by atoms with van der Waals surface area (Å²) in [5, 5.41) is 8.05. The van der Waals surface area contributed by atoms with E-state index in [0.717, 1.165) is 5.56 Å². The topological polar surface area (TPSA) is 42.3 Å². The van der Waals surface area contributed by atoms with Crippen LogP contribution in [0.2, 0.25) is 5.02 Å². The van der Waals surface area contributed by atoms with Crippen molar-refractivity contribution in [2.24, 2.45) is 0 Å². The second-order valence-corrected chi connectivity index (χ2v) is 3.41. The first-order chi connectivity index (χ1) is 7.17. The van der Waals surface area contributed by atoms with Crippen LogP contribution in [0.4, 0.5) is 0 Å². The van der Waals surface area contributed by atoms with Gasteiger partial charge in [0.05, 0.1) is 18.7 Å². The van der Waals surface area contributed by atoms with Crippen LogP contribution in [0.5, 0.6) is 5.75 Å². The van der Waals surface area contributed by atoms with E-state index in [2.05, 4.69) is 0 Å². The summed E-state index contributed by atoms with van der Waals surface area (Å²) in [5.74, 6) is 0.891. The number of methoxy groups -OCH3 is 1. The lowest BCUT2D eigenvalue weighted by molar-refractivity contribution is 0.317. The number of rotatable bonds is 4. The maximum absolute atomic E-state index is 7.50. The fourth-order valence-corrected chi connectivity index (χ4v) is 1.51. The van der Waals surface area contributed by atoms with Crippen LogP contribution >= 0.6 is 11.6 Å². The zero-order valence-electron chi connectivity index (χ0n) is 8.84. The van der Waals surface area contributed by atoms with Gasteiger partial charge in [-0.25, -0.2) is 0 Å². The molecule has 82 valence electrons. The van der Waals surface area contributed by atoms with Crippen LogP contribution in [0.25, 0.3) is 0 Å². The third kappa shape index (κ3) is 3.44. The lowest BCUT2D eigenvalue weighted by atomic mass is 10.1. The summed E-state index contributed by atoms with van der Waals surface area (Å²) >= 11 is 5.95. The fourth-order valence-electron chi connectivity index (χ4n) is 1.23. The van der Waals surface area contributed by atoms with Crippen LogP contribution < -0.4 is 4.74 Å². The lowest BCUT2D eigenvalue weighted by Crippen LogP contribution is -2.06. The number of ether oxygens (including phenoxy) is 2. The highest BCUT2D eigenvalue weighted by molar-refractivity contribution is 6.32. The van der Waals surface area contributed by atoms with Crippen LogP contribution in [0.1, 0.15) is 12.5 Å². The van der Waals surface area contributed by atoms with Crippen molar-refractivity contribution < 1.29 is 9.47 Å². The van der Waals surface area contributed by atoms with Crippen molar-refractivity contribution in [3.63, 3.8) is 0 Å². The molecule has 3 nitrogen and oxygen atoms in total. The van der Waals surface area contributed by atoms with E-state index in [4.69, 9.17) is 26.5 Å². The van der Waals surface area contributed by atoms with E-state index in [1.807, 2.05) is 13.0 Å². The first-order valence-corrected chi connectivity index (χ1v) is 5.07. The zero-order valence-corrected chi connectivity index (χ0v) is 9.60. The molecule has 0 unspecified atom stereocenters. The summed E-state index contributed by atoms with van der Waals surface area (Å²) < 4.78 is 10.1. The average molecular weight is 228 g/mol. The van der Waals surface area contributed by atoms with Gasteiger partial charge in [0.1, 0.15) is 5.75 Å². The molecule has 1 rings (SSSR count). The molecule has 4 heteroatoms. The van der Waals surface area contributed by atoms with Gasteiger partial charge >= 0.3 is 0 Å². The van der Waals surface area contributed by atoms with Crippen molar-refractivity contribution in [3.8, 4) is 5.75 Å². The minimum absolute atomic E-state index is 0.249. The summed E-state index contributed by atoms with van der Waals surface area (Å²) in [4.78, 5) is 0. The Morgan fingerprint density at radius 3 is 2.73 bits per heavy atom. The van der Waals surface area contributed by atoms with Crippen LogP contribution in [0.3, 0.4) is 0 Å². The third-order valence-electron chi connectivity index (χ3n) is 1.90. The van der Waals surface area contributed by atoms with E-state index in [1.54, 1.807) is 19.2 Å². The normalized spacial score (nSPS) is 9.80. The Hall–Kier alpha value is -1.22. The Balaban J connectivity index is 2.71. The Bertz CT molecular complexity index is 352. The molecule has 1 N–H and O–H groups in total. The van der Waals surface area contributed by atoms with Gasteiger partial charge in [0.25, 0.3) is 0 Å². The van der Waals surface area contributed by atoms with Crippen LogP contribution in [0, 0.1) is 5.41 Å². The fraction of sp³-hybridized carbons (Fsp3) is 0.364. The highest BCUT2D eigenvalue weighted by atomic mass is 35.5. The molecule has 0 amide bonds. The third-order valence-corrected chi connectivity index (χ3v) is 2.19. The molecule has 1 aromatic rings. The molecule has 0 aromatic heterocycles. The maximum Gasteiger partial charge on any atom is 0.184 e. The lowest BCUT2D eigenvalue weighted by Gasteiger charge is -2.07. The van der Waals surface area contributed by atoms with Crippen LogP contribution in [-0.4, -0.2) is 19.6 Å². The highest BCUT2D eigenvalue weighted by Crippen LogP contribution is 2.25. The largest absolute Gasteiger partial charge is 0.495 e. The molecule has 15 heavy (non-hydrogen) atoms. The Labute approximate surface area is 94.5 Å². The predicted octanol–water partition coefficient (Wildman–Crippen LogP) is 2.90. The van der Waals surface area contributed by atoms with E-state index in [9.17, 15) is 0 Å². The summed E-state index contributed by atoms with van der Waals surface area (Å²) in [6.45, 7) is 2.37. The van der Waals surface area contributed by atoms with Gasteiger partial charge in [0.15, 0.2) is 5.90 Å². The van der Waals surface area contributed by atoms with E-state index in [0.29, 0.717) is 23.8 Å². The first-order valence-electron chi connectivity index (χ1n) is 4.70. The van der Waals surface area contributed by atoms with Gasteiger partial charge in [-0.1, -0.05) is 17.7 Å². The van der Waals surface area contributed by atoms with Crippen molar-refractivity contribution >= 4 is 17.5 Å². The molecule has 0 bridgehead atoms. The number of halogens is 1. The summed E-state index contributed by atoms with van der Waals surface area (Å²) in [5.41, 5.74) is 0.944. The highest BCUT2D eigenvalue weighted by Gasteiger charge is 2.04. The van der Waals surface area contributed by atoms with E-state index < -0.39 is 0 Å². The van der Waals surface area contributed by atoms with Crippen molar-refractivity contribution in [1.29, 1.82) is 5.41 Å². The molecule has 0 radical (unpaired) electrons. The summed E-state index contributed by atoms with van der Waals surface area (Å²) in [7, 11) is 1.57. The summed E-state index contributed by atoms with van der Waals surface area (Å²) in [6, 6.07) is 5.45. The number of nitrogens with one attached hydrogen (secondary N) is 1. The number of hydrogen-bond acceptors (Lipinski definition) is 3. The van der Waals surface area contributed by atoms with Crippen molar-refractivity contribution in [2.75, 3.05) is 13.7 Å². The zero-order chi connectivity index (χ0) is 11.3.